The van der Waals surface area contributed by atoms with Crippen LogP contribution in [0.5, 0.6) is 0 Å². The first-order valence-corrected chi connectivity index (χ1v) is 13.6. The number of esters is 6. The van der Waals surface area contributed by atoms with Crippen LogP contribution in [-0.4, -0.2) is 105 Å². The Hall–Kier alpha value is -3.30. The Morgan fingerprint density at radius 2 is 1.00 bits per heavy atom. The molecule has 0 saturated carbocycles. The van der Waals surface area contributed by atoms with Crippen LogP contribution in [0.3, 0.4) is 0 Å². The highest BCUT2D eigenvalue weighted by Crippen LogP contribution is 2.38. The van der Waals surface area contributed by atoms with Crippen molar-refractivity contribution in [2.24, 2.45) is 5.92 Å². The van der Waals surface area contributed by atoms with Crippen LogP contribution in [0, 0.1) is 5.92 Å². The third-order valence-corrected chi connectivity index (χ3v) is 6.38. The molecule has 0 aromatic carbocycles. The Bertz CT molecular complexity index is 981. The van der Waals surface area contributed by atoms with Crippen LogP contribution >= 0.6 is 0 Å². The second kappa shape index (κ2) is 16.4. The first-order chi connectivity index (χ1) is 19.7. The normalized spacial score (nSPS) is 30.8. The summed E-state index contributed by atoms with van der Waals surface area (Å²) < 4.78 is 50.2. The minimum absolute atomic E-state index is 0.0144. The third-order valence-electron chi connectivity index (χ3n) is 6.38. The van der Waals surface area contributed by atoms with E-state index in [-0.39, 0.29) is 32.7 Å². The van der Waals surface area contributed by atoms with Crippen LogP contribution in [0.2, 0.25) is 0 Å². The van der Waals surface area contributed by atoms with E-state index in [9.17, 15) is 28.8 Å². The number of rotatable bonds is 12. The largest absolute Gasteiger partial charge is 0.463 e. The van der Waals surface area contributed by atoms with Gasteiger partial charge in [-0.2, -0.15) is 0 Å². The van der Waals surface area contributed by atoms with Gasteiger partial charge in [0.05, 0.1) is 6.10 Å². The average molecular weight is 605 g/mol. The van der Waals surface area contributed by atoms with Crippen LogP contribution in [0.15, 0.2) is 0 Å². The van der Waals surface area contributed by atoms with Crippen molar-refractivity contribution < 1.29 is 71.4 Å². The summed E-state index contributed by atoms with van der Waals surface area (Å²) in [4.78, 5) is 71.6. The smallest absolute Gasteiger partial charge is 0.303 e. The fourth-order valence-corrected chi connectivity index (χ4v) is 5.04. The number of carbonyl (C=O) groups is 6. The van der Waals surface area contributed by atoms with E-state index in [4.69, 9.17) is 42.6 Å². The van der Waals surface area contributed by atoms with Crippen LogP contribution in [0.25, 0.3) is 0 Å². The maximum Gasteiger partial charge on any atom is 0.303 e. The second-order valence-electron chi connectivity index (χ2n) is 9.91. The van der Waals surface area contributed by atoms with E-state index in [2.05, 4.69) is 0 Å². The molecule has 0 aromatic heterocycles. The molecule has 2 aliphatic rings. The first kappa shape index (κ1) is 34.9. The number of hydrogen-bond donors (Lipinski definition) is 0. The molecule has 15 nitrogen and oxygen atoms in total. The van der Waals surface area contributed by atoms with Gasteiger partial charge >= 0.3 is 35.8 Å². The lowest BCUT2D eigenvalue weighted by molar-refractivity contribution is -0.271. The highest BCUT2D eigenvalue weighted by molar-refractivity contribution is 5.69. The molecule has 0 aromatic rings. The maximum atomic E-state index is 12.2. The van der Waals surface area contributed by atoms with Crippen LogP contribution < -0.4 is 0 Å². The molecule has 0 radical (unpaired) electrons. The van der Waals surface area contributed by atoms with Crippen molar-refractivity contribution in [1.29, 1.82) is 0 Å². The molecule has 0 bridgehead atoms. The summed E-state index contributed by atoms with van der Waals surface area (Å²) in [6, 6.07) is 0. The zero-order valence-electron chi connectivity index (χ0n) is 24.9. The molecular formula is C27H40O15. The minimum Gasteiger partial charge on any atom is -0.463 e. The van der Waals surface area contributed by atoms with E-state index < -0.39 is 90.8 Å². The molecule has 0 N–H and O–H groups in total. The SMILES string of the molecule is CCO[C@H]1C[C@@H](C[C@H]2O[C@H](COC(C)=O)[C@@H](OC(C)=O)[C@H](OC(C)=O)[C@H]2OC(C)=O)[C@H](OC(C)=O)[C@@H](COC(C)=O)O1. The monoisotopic (exact) mass is 604 g/mol. The molecule has 15 heteroatoms. The minimum atomic E-state index is -1.35. The van der Waals surface area contributed by atoms with Crippen molar-refractivity contribution >= 4 is 35.8 Å². The van der Waals surface area contributed by atoms with E-state index in [1.54, 1.807) is 6.92 Å². The third kappa shape index (κ3) is 10.8. The van der Waals surface area contributed by atoms with E-state index >= 15 is 0 Å². The highest BCUT2D eigenvalue weighted by Gasteiger charge is 2.54. The van der Waals surface area contributed by atoms with Gasteiger partial charge in [0, 0.05) is 60.5 Å². The molecule has 2 fully saturated rings. The van der Waals surface area contributed by atoms with Crippen LogP contribution in [-0.2, 0) is 71.4 Å². The molecule has 42 heavy (non-hydrogen) atoms. The van der Waals surface area contributed by atoms with Crippen molar-refractivity contribution in [2.45, 2.75) is 110 Å². The van der Waals surface area contributed by atoms with E-state index in [1.807, 2.05) is 0 Å². The van der Waals surface area contributed by atoms with Crippen LogP contribution in [0.4, 0.5) is 0 Å². The summed E-state index contributed by atoms with van der Waals surface area (Å²) in [5.74, 6) is -4.68. The van der Waals surface area contributed by atoms with Gasteiger partial charge in [0.2, 0.25) is 0 Å². The van der Waals surface area contributed by atoms with Gasteiger partial charge in [0.15, 0.2) is 24.6 Å². The molecule has 2 heterocycles. The Morgan fingerprint density at radius 3 is 1.45 bits per heavy atom. The lowest BCUT2D eigenvalue weighted by Gasteiger charge is -2.47. The lowest BCUT2D eigenvalue weighted by atomic mass is 9.82. The zero-order valence-corrected chi connectivity index (χ0v) is 24.9. The Balaban J connectivity index is 2.54. The van der Waals surface area contributed by atoms with Crippen molar-refractivity contribution in [3.05, 3.63) is 0 Å². The molecule has 0 aliphatic carbocycles. The van der Waals surface area contributed by atoms with E-state index in [0.717, 1.165) is 20.8 Å². The predicted molar refractivity (Wildman–Crippen MR) is 137 cm³/mol. The molecule has 2 saturated heterocycles. The van der Waals surface area contributed by atoms with Gasteiger partial charge in [-0.1, -0.05) is 0 Å². The van der Waals surface area contributed by atoms with Crippen molar-refractivity contribution in [3.8, 4) is 0 Å². The Morgan fingerprint density at radius 1 is 0.571 bits per heavy atom. The van der Waals surface area contributed by atoms with Gasteiger partial charge in [0.1, 0.15) is 31.5 Å². The van der Waals surface area contributed by atoms with E-state index in [1.165, 1.54) is 20.8 Å². The second-order valence-corrected chi connectivity index (χ2v) is 9.91. The number of ether oxygens (including phenoxy) is 9. The van der Waals surface area contributed by atoms with Crippen molar-refractivity contribution in [2.75, 3.05) is 19.8 Å². The summed E-state index contributed by atoms with van der Waals surface area (Å²) in [5, 5.41) is 0. The quantitative estimate of drug-likeness (QED) is 0.224. The van der Waals surface area contributed by atoms with Crippen LogP contribution in [0.1, 0.15) is 61.3 Å². The topological polar surface area (TPSA) is 185 Å². The number of carbonyl (C=O) groups excluding carboxylic acids is 6. The Kier molecular flexibility index (Phi) is 13.6. The lowest BCUT2D eigenvalue weighted by Crippen LogP contribution is -2.63. The molecule has 238 valence electrons. The van der Waals surface area contributed by atoms with E-state index in [0.29, 0.717) is 0 Å². The van der Waals surface area contributed by atoms with Gasteiger partial charge in [-0.3, -0.25) is 28.8 Å². The zero-order chi connectivity index (χ0) is 31.6. The number of hydrogen-bond acceptors (Lipinski definition) is 15. The summed E-state index contributed by atoms with van der Waals surface area (Å²) in [7, 11) is 0. The molecule has 0 unspecified atom stereocenters. The summed E-state index contributed by atoms with van der Waals surface area (Å²) in [5.41, 5.74) is 0. The average Bonchev–Trinajstić information content (AvgIpc) is 2.85. The molecule has 0 amide bonds. The summed E-state index contributed by atoms with van der Waals surface area (Å²) in [6.07, 6.45) is -8.58. The molecule has 2 rings (SSSR count). The van der Waals surface area contributed by atoms with Gasteiger partial charge in [-0.25, -0.2) is 0 Å². The fourth-order valence-electron chi connectivity index (χ4n) is 5.04. The molecule has 0 spiro atoms. The van der Waals surface area contributed by atoms with Crippen molar-refractivity contribution in [1.82, 2.24) is 0 Å². The molecule has 9 atom stereocenters. The first-order valence-electron chi connectivity index (χ1n) is 13.6. The van der Waals surface area contributed by atoms with Gasteiger partial charge < -0.3 is 42.6 Å². The standard InChI is InChI=1S/C27H40O15/c1-8-34-23-10-19(24(37-15(4)30)21(42-23)11-35-13(2)28)9-20-25(38-16(5)31)27(40-18(7)33)26(39-17(6)32)22(41-20)12-36-14(3)29/h19-27H,8-12H2,1-7H3/t19-,20-,21-,22-,23-,24+,25+,26-,27-/m1/s1. The Labute approximate surface area is 243 Å². The predicted octanol–water partition coefficient (Wildman–Crippen LogP) is 0.765. The molecule has 2 aliphatic heterocycles. The maximum absolute atomic E-state index is 12.2. The molecular weight excluding hydrogens is 564 g/mol. The van der Waals surface area contributed by atoms with Crippen molar-refractivity contribution in [3.63, 3.8) is 0 Å². The fraction of sp³-hybridized carbons (Fsp3) is 0.778. The summed E-state index contributed by atoms with van der Waals surface area (Å²) >= 11 is 0. The van der Waals surface area contributed by atoms with Gasteiger partial charge in [0.25, 0.3) is 0 Å². The van der Waals surface area contributed by atoms with Gasteiger partial charge in [-0.15, -0.1) is 0 Å². The highest BCUT2D eigenvalue weighted by atomic mass is 16.7. The van der Waals surface area contributed by atoms with Gasteiger partial charge in [-0.05, 0) is 13.3 Å². The summed E-state index contributed by atoms with van der Waals surface area (Å²) in [6.45, 7) is 8.43.